The van der Waals surface area contributed by atoms with E-state index in [4.69, 9.17) is 4.74 Å². The zero-order chi connectivity index (χ0) is 11.8. The first-order valence-corrected chi connectivity index (χ1v) is 5.44. The van der Waals surface area contributed by atoms with E-state index >= 15 is 0 Å². The Morgan fingerprint density at radius 2 is 2.31 bits per heavy atom. The molecule has 0 saturated carbocycles. The van der Waals surface area contributed by atoms with Gasteiger partial charge in [0.25, 0.3) is 0 Å². The molecule has 0 aromatic carbocycles. The molecule has 0 atom stereocenters. The quantitative estimate of drug-likeness (QED) is 0.679. The Labute approximate surface area is 95.5 Å². The maximum Gasteiger partial charge on any atom is 0.325 e. The smallest absolute Gasteiger partial charge is 0.325 e. The second kappa shape index (κ2) is 6.76. The summed E-state index contributed by atoms with van der Waals surface area (Å²) >= 11 is 0. The second-order valence-electron chi connectivity index (χ2n) is 3.29. The van der Waals surface area contributed by atoms with Crippen molar-refractivity contribution < 1.29 is 9.53 Å². The number of hydrogen-bond acceptors (Lipinski definition) is 5. The Kier molecular flexibility index (Phi) is 5.25. The van der Waals surface area contributed by atoms with Gasteiger partial charge in [-0.15, -0.1) is 0 Å². The predicted molar refractivity (Wildman–Crippen MR) is 61.2 cm³/mol. The third-order valence-corrected chi connectivity index (χ3v) is 2.01. The molecule has 1 aromatic heterocycles. The molecule has 0 amide bonds. The Hall–Kier alpha value is -1.65. The molecule has 1 heterocycles. The largest absolute Gasteiger partial charge is 0.465 e. The number of ether oxygens (including phenoxy) is 1. The zero-order valence-electron chi connectivity index (χ0n) is 9.72. The summed E-state index contributed by atoms with van der Waals surface area (Å²) in [6.45, 7) is 5.27. The highest BCUT2D eigenvalue weighted by atomic mass is 16.5. The third-order valence-electron chi connectivity index (χ3n) is 2.01. The topological polar surface area (TPSA) is 55.3 Å². The second-order valence-corrected chi connectivity index (χ2v) is 3.29. The fourth-order valence-electron chi connectivity index (χ4n) is 1.38. The summed E-state index contributed by atoms with van der Waals surface area (Å²) < 4.78 is 4.92. The first-order chi connectivity index (χ1) is 7.77. The SMILES string of the molecule is CCCN(CC(=O)OCC)c1ccncn1. The minimum Gasteiger partial charge on any atom is -0.465 e. The van der Waals surface area contributed by atoms with E-state index in [0.29, 0.717) is 6.61 Å². The lowest BCUT2D eigenvalue weighted by atomic mass is 10.4. The number of nitrogens with zero attached hydrogens (tertiary/aromatic N) is 3. The molecule has 1 aromatic rings. The van der Waals surface area contributed by atoms with Crippen molar-refractivity contribution >= 4 is 11.8 Å². The van der Waals surface area contributed by atoms with E-state index in [1.165, 1.54) is 6.33 Å². The van der Waals surface area contributed by atoms with Gasteiger partial charge in [-0.25, -0.2) is 9.97 Å². The molecule has 0 N–H and O–H groups in total. The van der Waals surface area contributed by atoms with E-state index in [2.05, 4.69) is 16.9 Å². The van der Waals surface area contributed by atoms with Crippen LogP contribution in [0, 0.1) is 0 Å². The van der Waals surface area contributed by atoms with E-state index in [9.17, 15) is 4.79 Å². The highest BCUT2D eigenvalue weighted by molar-refractivity contribution is 5.75. The summed E-state index contributed by atoms with van der Waals surface area (Å²) in [6.07, 6.45) is 4.09. The van der Waals surface area contributed by atoms with Crippen molar-refractivity contribution in [3.63, 3.8) is 0 Å². The molecule has 0 unspecified atom stereocenters. The zero-order valence-corrected chi connectivity index (χ0v) is 9.72. The standard InChI is InChI=1S/C11H17N3O2/c1-3-7-14(8-11(15)16-4-2)10-5-6-12-9-13-10/h5-6,9H,3-4,7-8H2,1-2H3. The van der Waals surface area contributed by atoms with Crippen LogP contribution in [0.2, 0.25) is 0 Å². The average Bonchev–Trinajstić information content (AvgIpc) is 2.30. The minimum absolute atomic E-state index is 0.227. The molecule has 0 aliphatic rings. The molecule has 16 heavy (non-hydrogen) atoms. The van der Waals surface area contributed by atoms with E-state index < -0.39 is 0 Å². The van der Waals surface area contributed by atoms with Gasteiger partial charge in [-0.1, -0.05) is 6.92 Å². The molecule has 0 bridgehead atoms. The Balaban J connectivity index is 2.64. The lowest BCUT2D eigenvalue weighted by Gasteiger charge is -2.21. The Bertz CT molecular complexity index is 316. The monoisotopic (exact) mass is 223 g/mol. The lowest BCUT2D eigenvalue weighted by molar-refractivity contribution is -0.141. The molecule has 0 saturated heterocycles. The van der Waals surface area contributed by atoms with Crippen LogP contribution in [-0.2, 0) is 9.53 Å². The third kappa shape index (κ3) is 3.84. The van der Waals surface area contributed by atoms with Crippen LogP contribution in [0.3, 0.4) is 0 Å². The summed E-state index contributed by atoms with van der Waals surface area (Å²) in [5.41, 5.74) is 0. The Morgan fingerprint density at radius 1 is 1.50 bits per heavy atom. The molecular weight excluding hydrogens is 206 g/mol. The van der Waals surface area contributed by atoms with Crippen molar-refractivity contribution in [1.29, 1.82) is 0 Å². The van der Waals surface area contributed by atoms with E-state index in [1.54, 1.807) is 19.2 Å². The number of hydrogen-bond donors (Lipinski definition) is 0. The van der Waals surface area contributed by atoms with Crippen LogP contribution in [-0.4, -0.2) is 35.6 Å². The van der Waals surface area contributed by atoms with Gasteiger partial charge in [0, 0.05) is 12.7 Å². The van der Waals surface area contributed by atoms with E-state index in [-0.39, 0.29) is 12.5 Å². The number of esters is 1. The molecule has 5 nitrogen and oxygen atoms in total. The minimum atomic E-state index is -0.227. The van der Waals surface area contributed by atoms with Crippen LogP contribution < -0.4 is 4.90 Å². The molecule has 0 aliphatic carbocycles. The first-order valence-electron chi connectivity index (χ1n) is 5.44. The highest BCUT2D eigenvalue weighted by Gasteiger charge is 2.12. The molecule has 1 rings (SSSR count). The molecule has 0 radical (unpaired) electrons. The lowest BCUT2D eigenvalue weighted by Crippen LogP contribution is -2.32. The van der Waals surface area contributed by atoms with Crippen LogP contribution in [0.4, 0.5) is 5.82 Å². The van der Waals surface area contributed by atoms with Crippen LogP contribution >= 0.6 is 0 Å². The van der Waals surface area contributed by atoms with Crippen molar-refractivity contribution in [2.24, 2.45) is 0 Å². The van der Waals surface area contributed by atoms with Gasteiger partial charge < -0.3 is 9.64 Å². The van der Waals surface area contributed by atoms with Gasteiger partial charge in [-0.05, 0) is 19.4 Å². The van der Waals surface area contributed by atoms with Crippen LogP contribution in [0.15, 0.2) is 18.6 Å². The number of rotatable bonds is 6. The van der Waals surface area contributed by atoms with Gasteiger partial charge in [0.1, 0.15) is 18.7 Å². The summed E-state index contributed by atoms with van der Waals surface area (Å²) in [5, 5.41) is 0. The summed E-state index contributed by atoms with van der Waals surface area (Å²) in [4.78, 5) is 21.3. The van der Waals surface area contributed by atoms with E-state index in [1.807, 2.05) is 4.90 Å². The predicted octanol–water partition coefficient (Wildman–Crippen LogP) is 1.26. The molecule has 0 spiro atoms. The van der Waals surface area contributed by atoms with Crippen molar-refractivity contribution in [2.75, 3.05) is 24.6 Å². The van der Waals surface area contributed by atoms with Gasteiger partial charge in [-0.2, -0.15) is 0 Å². The molecular formula is C11H17N3O2. The van der Waals surface area contributed by atoms with Gasteiger partial charge in [-0.3, -0.25) is 4.79 Å². The average molecular weight is 223 g/mol. The summed E-state index contributed by atoms with van der Waals surface area (Å²) in [6, 6.07) is 1.79. The van der Waals surface area contributed by atoms with Gasteiger partial charge in [0.2, 0.25) is 0 Å². The van der Waals surface area contributed by atoms with Crippen LogP contribution in [0.25, 0.3) is 0 Å². The van der Waals surface area contributed by atoms with E-state index in [0.717, 1.165) is 18.8 Å². The van der Waals surface area contributed by atoms with Gasteiger partial charge >= 0.3 is 5.97 Å². The highest BCUT2D eigenvalue weighted by Crippen LogP contribution is 2.08. The number of carbonyl (C=O) groups excluding carboxylic acids is 1. The first kappa shape index (κ1) is 12.4. The summed E-state index contributed by atoms with van der Waals surface area (Å²) in [7, 11) is 0. The maximum absolute atomic E-state index is 11.4. The number of anilines is 1. The maximum atomic E-state index is 11.4. The molecule has 0 aliphatic heterocycles. The van der Waals surface area contributed by atoms with Gasteiger partial charge in [0.15, 0.2) is 0 Å². The molecule has 5 heteroatoms. The summed E-state index contributed by atoms with van der Waals surface area (Å²) in [5.74, 6) is 0.527. The van der Waals surface area contributed by atoms with Crippen molar-refractivity contribution in [3.8, 4) is 0 Å². The molecule has 0 fully saturated rings. The fraction of sp³-hybridized carbons (Fsp3) is 0.545. The van der Waals surface area contributed by atoms with Crippen molar-refractivity contribution in [1.82, 2.24) is 9.97 Å². The van der Waals surface area contributed by atoms with Crippen LogP contribution in [0.1, 0.15) is 20.3 Å². The van der Waals surface area contributed by atoms with Crippen LogP contribution in [0.5, 0.6) is 0 Å². The number of carbonyl (C=O) groups is 1. The normalized spacial score (nSPS) is 9.88. The Morgan fingerprint density at radius 3 is 2.88 bits per heavy atom. The van der Waals surface area contributed by atoms with Crippen molar-refractivity contribution in [3.05, 3.63) is 18.6 Å². The molecule has 88 valence electrons. The van der Waals surface area contributed by atoms with Crippen molar-refractivity contribution in [2.45, 2.75) is 20.3 Å². The fourth-order valence-corrected chi connectivity index (χ4v) is 1.38. The number of aromatic nitrogens is 2. The van der Waals surface area contributed by atoms with Gasteiger partial charge in [0.05, 0.1) is 6.61 Å².